The third kappa shape index (κ3) is 6.03. The van der Waals surface area contributed by atoms with Gasteiger partial charge in [0.1, 0.15) is 12.7 Å². The zero-order valence-corrected chi connectivity index (χ0v) is 11.7. The summed E-state index contributed by atoms with van der Waals surface area (Å²) in [6.45, 7) is 5.77. The van der Waals surface area contributed by atoms with Crippen LogP contribution in [-0.4, -0.2) is 30.9 Å². The molecule has 0 saturated carbocycles. The molecule has 0 aliphatic rings. The summed E-state index contributed by atoms with van der Waals surface area (Å²) >= 11 is 0. The normalized spacial score (nSPS) is 12.7. The highest BCUT2D eigenvalue weighted by atomic mass is 19.1. The Morgan fingerprint density at radius 3 is 2.53 bits per heavy atom. The van der Waals surface area contributed by atoms with Crippen LogP contribution in [0.4, 0.5) is 4.39 Å². The molecule has 0 spiro atoms. The van der Waals surface area contributed by atoms with Crippen molar-refractivity contribution >= 4 is 0 Å². The summed E-state index contributed by atoms with van der Waals surface area (Å²) in [5.74, 6) is 0.418. The number of nitrogens with one attached hydrogen (secondary N) is 1. The van der Waals surface area contributed by atoms with E-state index in [0.29, 0.717) is 12.5 Å². The highest BCUT2D eigenvalue weighted by molar-refractivity contribution is 5.23. The lowest BCUT2D eigenvalue weighted by Gasteiger charge is -2.16. The second-order valence-electron chi connectivity index (χ2n) is 4.74. The Balaban J connectivity index is 2.21. The Labute approximate surface area is 114 Å². The number of aliphatic hydroxyl groups is 1. The fraction of sp³-hybridized carbons (Fsp3) is 0.600. The lowest BCUT2D eigenvalue weighted by atomic mass is 10.0. The summed E-state index contributed by atoms with van der Waals surface area (Å²) in [4.78, 5) is 0. The summed E-state index contributed by atoms with van der Waals surface area (Å²) in [5, 5.41) is 13.0. The fourth-order valence-corrected chi connectivity index (χ4v) is 1.84. The first kappa shape index (κ1) is 15.9. The van der Waals surface area contributed by atoms with Gasteiger partial charge in [-0.05, 0) is 24.6 Å². The van der Waals surface area contributed by atoms with Crippen molar-refractivity contribution in [2.45, 2.75) is 32.8 Å². The van der Waals surface area contributed by atoms with E-state index in [-0.39, 0.29) is 12.4 Å². The summed E-state index contributed by atoms with van der Waals surface area (Å²) in [6.07, 6.45) is 1.63. The molecule has 0 saturated heterocycles. The molecule has 4 heteroatoms. The SMILES string of the molecule is CCC(CC)CNCC(O)COc1ccccc1F. The van der Waals surface area contributed by atoms with Crippen molar-refractivity contribution in [3.05, 3.63) is 30.1 Å². The van der Waals surface area contributed by atoms with E-state index in [1.54, 1.807) is 18.2 Å². The zero-order chi connectivity index (χ0) is 14.1. The van der Waals surface area contributed by atoms with Gasteiger partial charge in [0.05, 0.1) is 0 Å². The molecule has 0 radical (unpaired) electrons. The molecule has 0 bridgehead atoms. The van der Waals surface area contributed by atoms with Gasteiger partial charge in [0.25, 0.3) is 0 Å². The van der Waals surface area contributed by atoms with E-state index >= 15 is 0 Å². The van der Waals surface area contributed by atoms with E-state index < -0.39 is 11.9 Å². The van der Waals surface area contributed by atoms with Crippen LogP contribution in [0.25, 0.3) is 0 Å². The Morgan fingerprint density at radius 1 is 1.21 bits per heavy atom. The Kier molecular flexibility index (Phi) is 7.45. The summed E-state index contributed by atoms with van der Waals surface area (Å²) in [7, 11) is 0. The quantitative estimate of drug-likeness (QED) is 0.724. The van der Waals surface area contributed by atoms with Crippen LogP contribution in [0, 0.1) is 11.7 Å². The predicted molar refractivity (Wildman–Crippen MR) is 74.8 cm³/mol. The molecular formula is C15H24FNO2. The second kappa shape index (κ2) is 8.88. The van der Waals surface area contributed by atoms with E-state index in [9.17, 15) is 9.50 Å². The first-order valence-electron chi connectivity index (χ1n) is 6.93. The van der Waals surface area contributed by atoms with Gasteiger partial charge >= 0.3 is 0 Å². The highest BCUT2D eigenvalue weighted by Crippen LogP contribution is 2.15. The minimum absolute atomic E-state index is 0.0941. The van der Waals surface area contributed by atoms with E-state index in [4.69, 9.17) is 4.74 Å². The van der Waals surface area contributed by atoms with Crippen LogP contribution in [0.5, 0.6) is 5.75 Å². The van der Waals surface area contributed by atoms with Crippen molar-refractivity contribution in [1.82, 2.24) is 5.32 Å². The lowest BCUT2D eigenvalue weighted by Crippen LogP contribution is -2.34. The van der Waals surface area contributed by atoms with Crippen LogP contribution in [0.3, 0.4) is 0 Å². The molecule has 1 rings (SSSR count). The molecule has 1 unspecified atom stereocenters. The van der Waals surface area contributed by atoms with Gasteiger partial charge in [0.15, 0.2) is 11.6 Å². The summed E-state index contributed by atoms with van der Waals surface area (Å²) in [5.41, 5.74) is 0. The molecule has 3 nitrogen and oxygen atoms in total. The van der Waals surface area contributed by atoms with Crippen LogP contribution in [0.15, 0.2) is 24.3 Å². The van der Waals surface area contributed by atoms with Gasteiger partial charge < -0.3 is 15.2 Å². The highest BCUT2D eigenvalue weighted by Gasteiger charge is 2.09. The maximum absolute atomic E-state index is 13.3. The van der Waals surface area contributed by atoms with Crippen LogP contribution in [0.1, 0.15) is 26.7 Å². The van der Waals surface area contributed by atoms with Gasteiger partial charge in [-0.25, -0.2) is 4.39 Å². The van der Waals surface area contributed by atoms with Crippen molar-refractivity contribution in [2.75, 3.05) is 19.7 Å². The van der Waals surface area contributed by atoms with E-state index in [2.05, 4.69) is 19.2 Å². The molecule has 1 atom stereocenters. The molecule has 0 amide bonds. The van der Waals surface area contributed by atoms with E-state index in [1.165, 1.54) is 6.07 Å². The number of para-hydroxylation sites is 1. The van der Waals surface area contributed by atoms with Gasteiger partial charge in [-0.1, -0.05) is 38.8 Å². The number of hydrogen-bond acceptors (Lipinski definition) is 3. The van der Waals surface area contributed by atoms with Crippen LogP contribution < -0.4 is 10.1 Å². The van der Waals surface area contributed by atoms with Crippen molar-refractivity contribution in [1.29, 1.82) is 0 Å². The molecule has 0 heterocycles. The third-order valence-electron chi connectivity index (χ3n) is 3.24. The first-order chi connectivity index (χ1) is 9.17. The number of hydrogen-bond donors (Lipinski definition) is 2. The molecule has 1 aromatic rings. The maximum atomic E-state index is 13.3. The monoisotopic (exact) mass is 269 g/mol. The average molecular weight is 269 g/mol. The molecule has 2 N–H and O–H groups in total. The third-order valence-corrected chi connectivity index (χ3v) is 3.24. The molecule has 0 aromatic heterocycles. The minimum Gasteiger partial charge on any atom is -0.488 e. The average Bonchev–Trinajstić information content (AvgIpc) is 2.43. The van der Waals surface area contributed by atoms with Crippen molar-refractivity contribution in [2.24, 2.45) is 5.92 Å². The molecule has 0 fully saturated rings. The minimum atomic E-state index is -0.631. The Morgan fingerprint density at radius 2 is 1.89 bits per heavy atom. The van der Waals surface area contributed by atoms with Gasteiger partial charge in [-0.2, -0.15) is 0 Å². The standard InChI is InChI=1S/C15H24FNO2/c1-3-12(4-2)9-17-10-13(18)11-19-15-8-6-5-7-14(15)16/h5-8,12-13,17-18H,3-4,9-11H2,1-2H3. The van der Waals surface area contributed by atoms with Crippen molar-refractivity contribution in [3.63, 3.8) is 0 Å². The number of rotatable bonds is 9. The summed E-state index contributed by atoms with van der Waals surface area (Å²) < 4.78 is 18.5. The molecule has 0 aliphatic heterocycles. The van der Waals surface area contributed by atoms with E-state index in [1.807, 2.05) is 0 Å². The predicted octanol–water partition coefficient (Wildman–Crippen LogP) is 2.59. The molecule has 1 aromatic carbocycles. The van der Waals surface area contributed by atoms with E-state index in [0.717, 1.165) is 19.4 Å². The van der Waals surface area contributed by atoms with Gasteiger partial charge in [0, 0.05) is 6.54 Å². The fourth-order valence-electron chi connectivity index (χ4n) is 1.84. The largest absolute Gasteiger partial charge is 0.488 e. The maximum Gasteiger partial charge on any atom is 0.165 e. The smallest absolute Gasteiger partial charge is 0.165 e. The zero-order valence-electron chi connectivity index (χ0n) is 11.7. The topological polar surface area (TPSA) is 41.5 Å². The molecule has 19 heavy (non-hydrogen) atoms. The molecule has 0 aliphatic carbocycles. The van der Waals surface area contributed by atoms with Gasteiger partial charge in [-0.3, -0.25) is 0 Å². The number of benzene rings is 1. The van der Waals surface area contributed by atoms with Crippen molar-refractivity contribution in [3.8, 4) is 5.75 Å². The lowest BCUT2D eigenvalue weighted by molar-refractivity contribution is 0.103. The van der Waals surface area contributed by atoms with Crippen LogP contribution in [-0.2, 0) is 0 Å². The molecular weight excluding hydrogens is 245 g/mol. The number of ether oxygens (including phenoxy) is 1. The Hall–Kier alpha value is -1.13. The number of halogens is 1. The second-order valence-corrected chi connectivity index (χ2v) is 4.74. The van der Waals surface area contributed by atoms with Gasteiger partial charge in [-0.15, -0.1) is 0 Å². The summed E-state index contributed by atoms with van der Waals surface area (Å²) in [6, 6.07) is 6.21. The Bertz CT molecular complexity index is 356. The van der Waals surface area contributed by atoms with Crippen molar-refractivity contribution < 1.29 is 14.2 Å². The first-order valence-corrected chi connectivity index (χ1v) is 6.93. The molecule has 108 valence electrons. The van der Waals surface area contributed by atoms with Gasteiger partial charge in [0.2, 0.25) is 0 Å². The van der Waals surface area contributed by atoms with Crippen LogP contribution in [0.2, 0.25) is 0 Å². The van der Waals surface area contributed by atoms with Crippen LogP contribution >= 0.6 is 0 Å². The number of aliphatic hydroxyl groups excluding tert-OH is 1.